The van der Waals surface area contributed by atoms with Crippen LogP contribution in [0.4, 0.5) is 0 Å². The highest BCUT2D eigenvalue weighted by Gasteiger charge is 2.34. The predicted molar refractivity (Wildman–Crippen MR) is 88.4 cm³/mol. The van der Waals surface area contributed by atoms with Crippen molar-refractivity contribution in [1.29, 1.82) is 0 Å². The molecule has 3 aromatic rings. The van der Waals surface area contributed by atoms with E-state index in [-0.39, 0.29) is 18.3 Å². The third kappa shape index (κ3) is 2.19. The summed E-state index contributed by atoms with van der Waals surface area (Å²) in [6, 6.07) is 9.17. The molecule has 1 aliphatic heterocycles. The summed E-state index contributed by atoms with van der Waals surface area (Å²) in [7, 11) is 0. The van der Waals surface area contributed by atoms with E-state index in [1.165, 1.54) is 0 Å². The van der Waals surface area contributed by atoms with Gasteiger partial charge < -0.3 is 9.15 Å². The molecule has 0 saturated heterocycles. The zero-order chi connectivity index (χ0) is 16.1. The van der Waals surface area contributed by atoms with Gasteiger partial charge in [-0.3, -0.25) is 4.79 Å². The van der Waals surface area contributed by atoms with Gasteiger partial charge in [0.05, 0.1) is 17.4 Å². The van der Waals surface area contributed by atoms with Crippen LogP contribution in [0, 0.1) is 13.8 Å². The molecule has 0 radical (unpaired) electrons. The number of aryl methyl sites for hydroxylation is 2. The van der Waals surface area contributed by atoms with Gasteiger partial charge in [0.2, 0.25) is 0 Å². The molecule has 3 heterocycles. The molecule has 0 N–H and O–H groups in total. The molecule has 0 bridgehead atoms. The largest absolute Gasteiger partial charge is 0.425 e. The predicted octanol–water partition coefficient (Wildman–Crippen LogP) is 3.91. The number of carbonyl (C=O) groups excluding carboxylic acids is 1. The van der Waals surface area contributed by atoms with Crippen LogP contribution in [0.1, 0.15) is 33.2 Å². The van der Waals surface area contributed by atoms with Gasteiger partial charge in [0, 0.05) is 15.7 Å². The number of para-hydroxylation sites is 1. The second kappa shape index (κ2) is 5.06. The quantitative estimate of drug-likeness (QED) is 0.502. The number of esters is 1. The zero-order valence-electron chi connectivity index (χ0n) is 12.7. The molecule has 116 valence electrons. The Labute approximate surface area is 136 Å². The van der Waals surface area contributed by atoms with Crippen molar-refractivity contribution in [3.8, 4) is 5.75 Å². The zero-order valence-corrected chi connectivity index (χ0v) is 13.5. The van der Waals surface area contributed by atoms with E-state index in [1.807, 2.05) is 26.0 Å². The third-order valence-electron chi connectivity index (χ3n) is 4.19. The number of fused-ring (bicyclic) bond motifs is 3. The van der Waals surface area contributed by atoms with Crippen molar-refractivity contribution in [2.75, 3.05) is 0 Å². The van der Waals surface area contributed by atoms with Crippen molar-refractivity contribution < 1.29 is 13.9 Å². The molecule has 0 aliphatic carbocycles. The summed E-state index contributed by atoms with van der Waals surface area (Å²) < 4.78 is 10.9. The first-order chi connectivity index (χ1) is 11.0. The van der Waals surface area contributed by atoms with Crippen molar-refractivity contribution in [2.45, 2.75) is 26.2 Å². The van der Waals surface area contributed by atoms with E-state index < -0.39 is 5.63 Å². The van der Waals surface area contributed by atoms with Crippen LogP contribution in [0.5, 0.6) is 5.75 Å². The molecule has 2 aromatic heterocycles. The number of hydrogen-bond donors (Lipinski definition) is 0. The van der Waals surface area contributed by atoms with Gasteiger partial charge in [0.1, 0.15) is 5.58 Å². The van der Waals surface area contributed by atoms with Gasteiger partial charge in [-0.2, -0.15) is 0 Å². The van der Waals surface area contributed by atoms with Gasteiger partial charge in [-0.05, 0) is 37.6 Å². The van der Waals surface area contributed by atoms with E-state index >= 15 is 0 Å². The van der Waals surface area contributed by atoms with E-state index in [1.54, 1.807) is 29.5 Å². The van der Waals surface area contributed by atoms with E-state index in [0.717, 1.165) is 15.3 Å². The summed E-state index contributed by atoms with van der Waals surface area (Å²) in [6.45, 7) is 4.03. The molecule has 1 aliphatic rings. The lowest BCUT2D eigenvalue weighted by Crippen LogP contribution is -2.26. The van der Waals surface area contributed by atoms with E-state index in [9.17, 15) is 9.59 Å². The standard InChI is InChI=1S/C18H14O4S/c1-9-7-12(10(2)23-9)13-8-15(19)22-17-11-5-3-4-6-14(11)21-18(20)16(13)17/h3-7,13H,8H2,1-2H3/t13-/m0/s1. The van der Waals surface area contributed by atoms with Gasteiger partial charge >= 0.3 is 11.6 Å². The molecule has 23 heavy (non-hydrogen) atoms. The Balaban J connectivity index is 2.04. The first-order valence-electron chi connectivity index (χ1n) is 7.38. The normalized spacial score (nSPS) is 17.1. The second-order valence-electron chi connectivity index (χ2n) is 5.73. The van der Waals surface area contributed by atoms with Crippen LogP contribution >= 0.6 is 11.3 Å². The molecule has 0 unspecified atom stereocenters. The van der Waals surface area contributed by atoms with Crippen molar-refractivity contribution in [3.05, 3.63) is 61.6 Å². The van der Waals surface area contributed by atoms with Crippen LogP contribution in [0.3, 0.4) is 0 Å². The van der Waals surface area contributed by atoms with Crippen molar-refractivity contribution in [1.82, 2.24) is 0 Å². The lowest BCUT2D eigenvalue weighted by Gasteiger charge is -2.24. The fraction of sp³-hybridized carbons (Fsp3) is 0.222. The fourth-order valence-electron chi connectivity index (χ4n) is 3.23. The maximum Gasteiger partial charge on any atom is 0.343 e. The fourth-order valence-corrected chi connectivity index (χ4v) is 4.22. The summed E-state index contributed by atoms with van der Waals surface area (Å²) in [6.07, 6.45) is 0.160. The summed E-state index contributed by atoms with van der Waals surface area (Å²) in [5.41, 5.74) is 1.46. The first-order valence-corrected chi connectivity index (χ1v) is 8.19. The lowest BCUT2D eigenvalue weighted by molar-refractivity contribution is -0.135. The molecule has 0 saturated carbocycles. The highest BCUT2D eigenvalue weighted by molar-refractivity contribution is 7.12. The monoisotopic (exact) mass is 326 g/mol. The smallest absolute Gasteiger partial charge is 0.343 e. The molecule has 0 spiro atoms. The number of ether oxygens (including phenoxy) is 1. The Kier molecular flexibility index (Phi) is 3.13. The summed E-state index contributed by atoms with van der Waals surface area (Å²) in [4.78, 5) is 26.9. The summed E-state index contributed by atoms with van der Waals surface area (Å²) in [5, 5.41) is 0.657. The van der Waals surface area contributed by atoms with Crippen LogP contribution in [-0.2, 0) is 4.79 Å². The number of rotatable bonds is 1. The lowest BCUT2D eigenvalue weighted by atomic mass is 9.87. The maximum absolute atomic E-state index is 12.5. The molecule has 1 aromatic carbocycles. The van der Waals surface area contributed by atoms with Crippen LogP contribution < -0.4 is 10.4 Å². The topological polar surface area (TPSA) is 56.5 Å². The average Bonchev–Trinajstić information content (AvgIpc) is 2.85. The highest BCUT2D eigenvalue weighted by atomic mass is 32.1. The van der Waals surface area contributed by atoms with Crippen molar-refractivity contribution in [2.24, 2.45) is 0 Å². The Morgan fingerprint density at radius 2 is 1.96 bits per heavy atom. The van der Waals surface area contributed by atoms with Crippen LogP contribution in [0.2, 0.25) is 0 Å². The average molecular weight is 326 g/mol. The minimum Gasteiger partial charge on any atom is -0.425 e. The molecular weight excluding hydrogens is 312 g/mol. The molecule has 5 heteroatoms. The number of benzene rings is 1. The Morgan fingerprint density at radius 3 is 2.70 bits per heavy atom. The van der Waals surface area contributed by atoms with Gasteiger partial charge in [-0.15, -0.1) is 11.3 Å². The first kappa shape index (κ1) is 14.2. The molecule has 4 rings (SSSR count). The van der Waals surface area contributed by atoms with Gasteiger partial charge in [0.25, 0.3) is 0 Å². The molecule has 0 fully saturated rings. The Morgan fingerprint density at radius 1 is 1.17 bits per heavy atom. The van der Waals surface area contributed by atoms with E-state index in [4.69, 9.17) is 9.15 Å². The number of thiophene rings is 1. The Hall–Kier alpha value is -2.40. The van der Waals surface area contributed by atoms with Gasteiger partial charge in [-0.1, -0.05) is 12.1 Å². The van der Waals surface area contributed by atoms with Crippen molar-refractivity contribution >= 4 is 28.3 Å². The maximum atomic E-state index is 12.5. The molecular formula is C18H14O4S. The highest BCUT2D eigenvalue weighted by Crippen LogP contribution is 2.42. The van der Waals surface area contributed by atoms with E-state index in [2.05, 4.69) is 0 Å². The number of carbonyl (C=O) groups is 1. The van der Waals surface area contributed by atoms with E-state index in [0.29, 0.717) is 22.3 Å². The van der Waals surface area contributed by atoms with Crippen LogP contribution in [0.25, 0.3) is 11.0 Å². The second-order valence-corrected chi connectivity index (χ2v) is 7.19. The van der Waals surface area contributed by atoms with Crippen LogP contribution in [-0.4, -0.2) is 5.97 Å². The molecule has 0 amide bonds. The van der Waals surface area contributed by atoms with Crippen molar-refractivity contribution in [3.63, 3.8) is 0 Å². The molecule has 4 nitrogen and oxygen atoms in total. The number of hydrogen-bond acceptors (Lipinski definition) is 5. The Bertz CT molecular complexity index is 996. The molecule has 1 atom stereocenters. The van der Waals surface area contributed by atoms with Crippen LogP contribution in [0.15, 0.2) is 39.5 Å². The van der Waals surface area contributed by atoms with Gasteiger partial charge in [0.15, 0.2) is 5.75 Å². The third-order valence-corrected chi connectivity index (χ3v) is 5.17. The summed E-state index contributed by atoms with van der Waals surface area (Å²) >= 11 is 1.66. The minimum absolute atomic E-state index is 0.160. The SMILES string of the molecule is Cc1cc([C@@H]2CC(=O)Oc3c2c(=O)oc2ccccc32)c(C)s1. The summed E-state index contributed by atoms with van der Waals surface area (Å²) in [5.74, 6) is -0.278. The van der Waals surface area contributed by atoms with Gasteiger partial charge in [-0.25, -0.2) is 4.79 Å². The minimum atomic E-state index is -0.431.